The van der Waals surface area contributed by atoms with E-state index < -0.39 is 39.9 Å². The fraction of sp³-hybridized carbons (Fsp3) is 0.0588. The van der Waals surface area contributed by atoms with E-state index >= 15 is 0 Å². The van der Waals surface area contributed by atoms with Gasteiger partial charge in [-0.25, -0.2) is 9.97 Å². The lowest BCUT2D eigenvalue weighted by Gasteiger charge is -2.13. The fourth-order valence-electron chi connectivity index (χ4n) is 2.34. The second-order valence-electron chi connectivity index (χ2n) is 5.79. The molecule has 0 aliphatic carbocycles. The van der Waals surface area contributed by atoms with Crippen molar-refractivity contribution in [1.29, 1.82) is 0 Å². The summed E-state index contributed by atoms with van der Waals surface area (Å²) in [5.41, 5.74) is 2.49. The molecule has 2 aromatic heterocycles. The maximum absolute atomic E-state index is 13.0. The summed E-state index contributed by atoms with van der Waals surface area (Å²) in [5, 5.41) is 13.8. The molecular formula is C17H11ClF3N7O3. The van der Waals surface area contributed by atoms with Crippen LogP contribution in [-0.4, -0.2) is 25.8 Å². The van der Waals surface area contributed by atoms with Crippen LogP contribution in [0.4, 0.5) is 36.2 Å². The topological polar surface area (TPSA) is 135 Å². The number of nitro groups is 1. The van der Waals surface area contributed by atoms with Gasteiger partial charge in [-0.2, -0.15) is 13.2 Å². The number of rotatable bonds is 6. The number of hydrazine groups is 1. The van der Waals surface area contributed by atoms with Crippen LogP contribution in [0.15, 0.2) is 48.9 Å². The van der Waals surface area contributed by atoms with Crippen molar-refractivity contribution < 1.29 is 22.9 Å². The quantitative estimate of drug-likeness (QED) is 0.377. The van der Waals surface area contributed by atoms with Crippen molar-refractivity contribution in [1.82, 2.24) is 20.4 Å². The molecular weight excluding hydrogens is 443 g/mol. The van der Waals surface area contributed by atoms with Crippen molar-refractivity contribution >= 4 is 40.5 Å². The monoisotopic (exact) mass is 453 g/mol. The molecule has 0 saturated carbocycles. The maximum atomic E-state index is 13.0. The number of nitrogens with zero attached hydrogens (tertiary/aromatic N) is 4. The number of nitrogens with one attached hydrogen (secondary N) is 3. The highest BCUT2D eigenvalue weighted by atomic mass is 35.5. The van der Waals surface area contributed by atoms with Gasteiger partial charge in [-0.3, -0.25) is 30.7 Å². The average molecular weight is 454 g/mol. The summed E-state index contributed by atoms with van der Waals surface area (Å²) in [7, 11) is 0. The summed E-state index contributed by atoms with van der Waals surface area (Å²) >= 11 is 5.92. The van der Waals surface area contributed by atoms with Crippen molar-refractivity contribution in [2.24, 2.45) is 0 Å². The van der Waals surface area contributed by atoms with Crippen LogP contribution >= 0.6 is 11.6 Å². The second-order valence-corrected chi connectivity index (χ2v) is 6.20. The highest BCUT2D eigenvalue weighted by molar-refractivity contribution is 6.33. The van der Waals surface area contributed by atoms with Gasteiger partial charge in [0, 0.05) is 6.20 Å². The van der Waals surface area contributed by atoms with Crippen LogP contribution in [0.1, 0.15) is 16.1 Å². The third-order valence-corrected chi connectivity index (χ3v) is 4.07. The van der Waals surface area contributed by atoms with Gasteiger partial charge in [0.05, 0.1) is 21.2 Å². The normalized spacial score (nSPS) is 11.0. The first-order valence-electron chi connectivity index (χ1n) is 8.27. The number of aromatic nitrogens is 3. The molecule has 160 valence electrons. The lowest BCUT2D eigenvalue weighted by atomic mass is 10.2. The molecule has 3 N–H and O–H groups in total. The van der Waals surface area contributed by atoms with E-state index in [1.54, 1.807) is 12.1 Å². The van der Waals surface area contributed by atoms with E-state index in [2.05, 4.69) is 31.1 Å². The molecule has 14 heteroatoms. The first-order chi connectivity index (χ1) is 14.7. The Kier molecular flexibility index (Phi) is 6.15. The highest BCUT2D eigenvalue weighted by Gasteiger charge is 2.31. The van der Waals surface area contributed by atoms with Crippen LogP contribution in [0.25, 0.3) is 0 Å². The molecule has 3 aromatic rings. The van der Waals surface area contributed by atoms with E-state index in [1.165, 1.54) is 12.3 Å². The number of amides is 1. The van der Waals surface area contributed by atoms with Gasteiger partial charge in [0.2, 0.25) is 11.6 Å². The number of anilines is 3. The third kappa shape index (κ3) is 5.14. The molecule has 0 aliphatic rings. The Hall–Kier alpha value is -4.00. The SMILES string of the molecule is O=C(NNc1ncnc(Nc2cc(C(F)(F)F)ccc2Cl)c1[N+](=O)[O-])c1ccccn1. The van der Waals surface area contributed by atoms with E-state index in [-0.39, 0.29) is 16.4 Å². The zero-order valence-corrected chi connectivity index (χ0v) is 15.9. The lowest BCUT2D eigenvalue weighted by molar-refractivity contribution is -0.383. The minimum atomic E-state index is -4.65. The van der Waals surface area contributed by atoms with Crippen LogP contribution in [0.3, 0.4) is 0 Å². The molecule has 2 heterocycles. The van der Waals surface area contributed by atoms with Crippen molar-refractivity contribution in [3.8, 4) is 0 Å². The van der Waals surface area contributed by atoms with Gasteiger partial charge >= 0.3 is 11.9 Å². The van der Waals surface area contributed by atoms with Gasteiger partial charge in [-0.05, 0) is 30.3 Å². The molecule has 0 aliphatic heterocycles. The first kappa shape index (κ1) is 21.7. The second kappa shape index (κ2) is 8.79. The molecule has 0 spiro atoms. The Morgan fingerprint density at radius 3 is 2.48 bits per heavy atom. The van der Waals surface area contributed by atoms with E-state index in [0.29, 0.717) is 6.07 Å². The number of carbonyl (C=O) groups is 1. The molecule has 10 nitrogen and oxygen atoms in total. The van der Waals surface area contributed by atoms with E-state index in [9.17, 15) is 28.1 Å². The minimum Gasteiger partial charge on any atom is -0.333 e. The number of hydrogen-bond acceptors (Lipinski definition) is 8. The Labute approximate surface area is 176 Å². The highest BCUT2D eigenvalue weighted by Crippen LogP contribution is 2.37. The molecule has 0 bridgehead atoms. The zero-order valence-electron chi connectivity index (χ0n) is 15.1. The average Bonchev–Trinajstić information content (AvgIpc) is 2.73. The van der Waals surface area contributed by atoms with Crippen molar-refractivity contribution in [2.75, 3.05) is 10.7 Å². The molecule has 1 aromatic carbocycles. The Balaban J connectivity index is 1.89. The van der Waals surface area contributed by atoms with Gasteiger partial charge in [0.1, 0.15) is 12.0 Å². The van der Waals surface area contributed by atoms with Gasteiger partial charge in [-0.15, -0.1) is 0 Å². The molecule has 0 unspecified atom stereocenters. The first-order valence-corrected chi connectivity index (χ1v) is 8.65. The molecule has 1 amide bonds. The van der Waals surface area contributed by atoms with Crippen LogP contribution < -0.4 is 16.2 Å². The summed E-state index contributed by atoms with van der Waals surface area (Å²) in [6.45, 7) is 0. The Bertz CT molecular complexity index is 1130. The summed E-state index contributed by atoms with van der Waals surface area (Å²) in [5.74, 6) is -1.57. The van der Waals surface area contributed by atoms with Crippen molar-refractivity contribution in [3.05, 3.63) is 75.3 Å². The van der Waals surface area contributed by atoms with Crippen LogP contribution in [-0.2, 0) is 6.18 Å². The molecule has 0 radical (unpaired) electrons. The fourth-order valence-corrected chi connectivity index (χ4v) is 2.50. The zero-order chi connectivity index (χ0) is 22.6. The molecule has 0 fully saturated rings. The predicted octanol–water partition coefficient (Wildman–Crippen LogP) is 3.95. The van der Waals surface area contributed by atoms with Crippen molar-refractivity contribution in [3.63, 3.8) is 0 Å². The summed E-state index contributed by atoms with van der Waals surface area (Å²) < 4.78 is 38.9. The minimum absolute atomic E-state index is 0.0285. The van der Waals surface area contributed by atoms with Gasteiger partial charge < -0.3 is 5.32 Å². The summed E-state index contributed by atoms with van der Waals surface area (Å²) in [6.07, 6.45) is -2.36. The third-order valence-electron chi connectivity index (χ3n) is 3.74. The number of carbonyl (C=O) groups excluding carboxylic acids is 1. The van der Waals surface area contributed by atoms with Crippen molar-refractivity contribution in [2.45, 2.75) is 6.18 Å². The number of benzene rings is 1. The maximum Gasteiger partial charge on any atom is 0.416 e. The number of alkyl halides is 3. The number of hydrogen-bond donors (Lipinski definition) is 3. The summed E-state index contributed by atoms with van der Waals surface area (Å²) in [4.78, 5) is 34.0. The van der Waals surface area contributed by atoms with E-state index in [0.717, 1.165) is 18.5 Å². The largest absolute Gasteiger partial charge is 0.416 e. The Morgan fingerprint density at radius 1 is 1.10 bits per heavy atom. The molecule has 3 rings (SSSR count). The van der Waals surface area contributed by atoms with Gasteiger partial charge in [0.25, 0.3) is 5.91 Å². The van der Waals surface area contributed by atoms with E-state index in [1.807, 2.05) is 0 Å². The van der Waals surface area contributed by atoms with E-state index in [4.69, 9.17) is 11.6 Å². The Morgan fingerprint density at radius 2 is 1.84 bits per heavy atom. The predicted molar refractivity (Wildman–Crippen MR) is 104 cm³/mol. The van der Waals surface area contributed by atoms with Gasteiger partial charge in [-0.1, -0.05) is 17.7 Å². The van der Waals surface area contributed by atoms with Crippen LogP contribution in [0, 0.1) is 10.1 Å². The van der Waals surface area contributed by atoms with Crippen LogP contribution in [0.2, 0.25) is 5.02 Å². The standard InChI is InChI=1S/C17H11ClF3N7O3/c18-10-5-4-9(17(19,20)21)7-12(10)25-14-13(28(30)31)15(24-8-23-14)26-27-16(29)11-3-1-2-6-22-11/h1-8H,(H,27,29)(H2,23,24,25,26). The molecule has 0 saturated heterocycles. The van der Waals surface area contributed by atoms with Gasteiger partial charge in [0.15, 0.2) is 0 Å². The smallest absolute Gasteiger partial charge is 0.333 e. The number of pyridine rings is 1. The molecule has 31 heavy (non-hydrogen) atoms. The van der Waals surface area contributed by atoms with Crippen LogP contribution in [0.5, 0.6) is 0 Å². The molecule has 0 atom stereocenters. The number of halogens is 4. The summed E-state index contributed by atoms with van der Waals surface area (Å²) in [6, 6.07) is 7.01. The lowest BCUT2D eigenvalue weighted by Crippen LogP contribution is -2.31.